The fraction of sp³-hybridized carbons (Fsp3) is 0.300. The van der Waals surface area contributed by atoms with Gasteiger partial charge in [0.2, 0.25) is 5.95 Å². The number of hydrogen-bond acceptors (Lipinski definition) is 5. The average Bonchev–Trinajstić information content (AvgIpc) is 3.03. The van der Waals surface area contributed by atoms with E-state index >= 15 is 0 Å². The molecule has 150 valence electrons. The molecule has 0 saturated carbocycles. The van der Waals surface area contributed by atoms with Gasteiger partial charge in [-0.3, -0.25) is 9.20 Å². The predicted octanol–water partition coefficient (Wildman–Crippen LogP) is 2.93. The van der Waals surface area contributed by atoms with Crippen LogP contribution >= 0.6 is 0 Å². The molecule has 2 N–H and O–H groups in total. The van der Waals surface area contributed by atoms with Crippen molar-refractivity contribution in [2.75, 3.05) is 18.9 Å². The number of aryl methyl sites for hydroxylation is 1. The Morgan fingerprint density at radius 1 is 1.28 bits per heavy atom. The average molecular weight is 398 g/mol. The Balaban J connectivity index is 1.74. The van der Waals surface area contributed by atoms with Gasteiger partial charge < -0.3 is 10.6 Å². The Hall–Kier alpha value is -3.36. The molecular formula is C20H20F2N6O. The lowest BCUT2D eigenvalue weighted by atomic mass is 9.99. The van der Waals surface area contributed by atoms with Gasteiger partial charge in [-0.2, -0.15) is 0 Å². The number of amides is 1. The summed E-state index contributed by atoms with van der Waals surface area (Å²) in [7, 11) is 1.78. The summed E-state index contributed by atoms with van der Waals surface area (Å²) in [5.41, 5.74) is 4.54. The van der Waals surface area contributed by atoms with E-state index in [4.69, 9.17) is 0 Å². The van der Waals surface area contributed by atoms with Crippen molar-refractivity contribution in [1.29, 1.82) is 0 Å². The normalized spacial score (nSPS) is 13.7. The number of rotatable bonds is 5. The maximum Gasteiger partial charge on any atom is 0.270 e. The summed E-state index contributed by atoms with van der Waals surface area (Å²) in [4.78, 5) is 25.4. The van der Waals surface area contributed by atoms with Crippen LogP contribution in [-0.2, 0) is 6.42 Å². The zero-order valence-corrected chi connectivity index (χ0v) is 15.8. The molecule has 0 fully saturated rings. The number of aromatic nitrogens is 4. The summed E-state index contributed by atoms with van der Waals surface area (Å²) >= 11 is 0. The summed E-state index contributed by atoms with van der Waals surface area (Å²) in [5, 5.41) is 5.18. The Bertz CT molecular complexity index is 1090. The van der Waals surface area contributed by atoms with E-state index in [2.05, 4.69) is 31.7 Å². The number of alkyl halides is 2. The number of anilines is 1. The fourth-order valence-electron chi connectivity index (χ4n) is 3.42. The minimum Gasteiger partial charge on any atom is -0.357 e. The third kappa shape index (κ3) is 3.80. The second-order valence-electron chi connectivity index (χ2n) is 6.70. The number of pyridine rings is 1. The molecule has 7 nitrogen and oxygen atoms in total. The van der Waals surface area contributed by atoms with E-state index < -0.39 is 18.9 Å². The highest BCUT2D eigenvalue weighted by Crippen LogP contribution is 2.30. The largest absolute Gasteiger partial charge is 0.357 e. The van der Waals surface area contributed by atoms with E-state index in [1.54, 1.807) is 29.9 Å². The van der Waals surface area contributed by atoms with Crippen molar-refractivity contribution in [3.63, 3.8) is 0 Å². The molecule has 1 aliphatic rings. The van der Waals surface area contributed by atoms with Gasteiger partial charge in [-0.1, -0.05) is 6.08 Å². The highest BCUT2D eigenvalue weighted by Gasteiger charge is 2.18. The minimum absolute atomic E-state index is 0.207. The topological polar surface area (TPSA) is 84.2 Å². The highest BCUT2D eigenvalue weighted by atomic mass is 19.3. The summed E-state index contributed by atoms with van der Waals surface area (Å²) in [6.07, 6.45) is 7.24. The molecule has 3 aromatic rings. The molecule has 9 heteroatoms. The fourth-order valence-corrected chi connectivity index (χ4v) is 3.42. The van der Waals surface area contributed by atoms with Gasteiger partial charge in [0.15, 0.2) is 0 Å². The van der Waals surface area contributed by atoms with E-state index in [0.717, 1.165) is 41.7 Å². The monoisotopic (exact) mass is 398 g/mol. The number of halogens is 2. The van der Waals surface area contributed by atoms with Gasteiger partial charge in [0.25, 0.3) is 12.3 Å². The second kappa shape index (κ2) is 7.94. The molecule has 1 amide bonds. The van der Waals surface area contributed by atoms with E-state index in [0.29, 0.717) is 11.6 Å². The zero-order chi connectivity index (χ0) is 20.4. The number of carbonyl (C=O) groups excluding carboxylic acids is 1. The Morgan fingerprint density at radius 2 is 2.14 bits per heavy atom. The first-order valence-corrected chi connectivity index (χ1v) is 9.35. The summed E-state index contributed by atoms with van der Waals surface area (Å²) < 4.78 is 26.5. The Morgan fingerprint density at radius 3 is 2.93 bits per heavy atom. The molecule has 0 bridgehead atoms. The van der Waals surface area contributed by atoms with Crippen molar-refractivity contribution in [3.05, 3.63) is 59.3 Å². The van der Waals surface area contributed by atoms with Crippen LogP contribution in [0.15, 0.2) is 36.8 Å². The molecule has 29 heavy (non-hydrogen) atoms. The van der Waals surface area contributed by atoms with Crippen LogP contribution in [0.25, 0.3) is 11.2 Å². The number of hydrogen-bond donors (Lipinski definition) is 2. The first-order valence-electron chi connectivity index (χ1n) is 9.35. The molecule has 4 rings (SSSR count). The molecule has 0 aliphatic heterocycles. The maximum absolute atomic E-state index is 12.4. The number of imidazole rings is 1. The van der Waals surface area contributed by atoms with Gasteiger partial charge in [-0.25, -0.2) is 23.7 Å². The van der Waals surface area contributed by atoms with Crippen LogP contribution in [0.1, 0.15) is 40.2 Å². The summed E-state index contributed by atoms with van der Waals surface area (Å²) in [6.45, 7) is -0.699. The van der Waals surface area contributed by atoms with Gasteiger partial charge in [0.1, 0.15) is 11.3 Å². The third-order valence-corrected chi connectivity index (χ3v) is 4.81. The smallest absolute Gasteiger partial charge is 0.270 e. The first kappa shape index (κ1) is 19.0. The molecule has 0 aromatic carbocycles. The number of carbonyl (C=O) groups is 1. The molecule has 0 saturated heterocycles. The van der Waals surface area contributed by atoms with Gasteiger partial charge in [-0.05, 0) is 42.5 Å². The van der Waals surface area contributed by atoms with Crippen molar-refractivity contribution in [1.82, 2.24) is 24.7 Å². The Kier molecular flexibility index (Phi) is 5.20. The van der Waals surface area contributed by atoms with Crippen LogP contribution in [0.5, 0.6) is 0 Å². The van der Waals surface area contributed by atoms with E-state index in [9.17, 15) is 13.6 Å². The van der Waals surface area contributed by atoms with Crippen LogP contribution in [0, 0.1) is 0 Å². The molecule has 1 aliphatic carbocycles. The summed E-state index contributed by atoms with van der Waals surface area (Å²) in [6, 6.07) is 3.73. The van der Waals surface area contributed by atoms with Crippen LogP contribution in [-0.4, -0.2) is 45.3 Å². The molecule has 0 spiro atoms. The minimum atomic E-state index is -2.61. The molecule has 0 radical (unpaired) electrons. The summed E-state index contributed by atoms with van der Waals surface area (Å²) in [5.74, 6) is -0.0137. The van der Waals surface area contributed by atoms with Crippen molar-refractivity contribution >= 4 is 23.1 Å². The molecule has 0 atom stereocenters. The van der Waals surface area contributed by atoms with Gasteiger partial charge in [-0.15, -0.1) is 0 Å². The van der Waals surface area contributed by atoms with E-state index in [1.165, 1.54) is 6.20 Å². The van der Waals surface area contributed by atoms with Crippen LogP contribution in [0.2, 0.25) is 0 Å². The number of nitrogens with one attached hydrogen (secondary N) is 2. The Labute approximate surface area is 165 Å². The van der Waals surface area contributed by atoms with Crippen LogP contribution in [0.4, 0.5) is 14.7 Å². The van der Waals surface area contributed by atoms with Crippen molar-refractivity contribution < 1.29 is 13.6 Å². The molecule has 3 aromatic heterocycles. The maximum atomic E-state index is 12.4. The number of allylic oxidation sites excluding steroid dienone is 1. The van der Waals surface area contributed by atoms with Gasteiger partial charge in [0.05, 0.1) is 18.4 Å². The molecule has 0 unspecified atom stereocenters. The lowest BCUT2D eigenvalue weighted by Crippen LogP contribution is -2.29. The molecule has 3 heterocycles. The zero-order valence-electron chi connectivity index (χ0n) is 15.8. The quantitative estimate of drug-likeness (QED) is 0.690. The SMILES string of the molecule is CNc1ncc2c(n1)CCCC=C2c1ccc2ncc(C(=O)NCC(F)F)n2c1. The van der Waals surface area contributed by atoms with Crippen LogP contribution < -0.4 is 10.6 Å². The van der Waals surface area contributed by atoms with Gasteiger partial charge >= 0.3 is 0 Å². The standard InChI is InChI=1S/C20H20F2N6O/c1-23-20-26-8-14-13(4-2-3-5-15(14)27-20)12-6-7-18-24-9-16(28(18)11-12)19(29)25-10-17(21)22/h4,6-9,11,17H,2-3,5,10H2,1H3,(H,25,29)(H,23,26,27). The van der Waals surface area contributed by atoms with Gasteiger partial charge in [0, 0.05) is 25.0 Å². The lowest BCUT2D eigenvalue weighted by molar-refractivity contribution is 0.0886. The predicted molar refractivity (Wildman–Crippen MR) is 105 cm³/mol. The van der Waals surface area contributed by atoms with E-state index in [1.807, 2.05) is 6.07 Å². The molecular weight excluding hydrogens is 378 g/mol. The third-order valence-electron chi connectivity index (χ3n) is 4.81. The second-order valence-corrected chi connectivity index (χ2v) is 6.70. The first-order chi connectivity index (χ1) is 14.1. The lowest BCUT2D eigenvalue weighted by Gasteiger charge is -2.12. The van der Waals surface area contributed by atoms with Crippen molar-refractivity contribution in [2.24, 2.45) is 0 Å². The van der Waals surface area contributed by atoms with Crippen molar-refractivity contribution in [2.45, 2.75) is 25.7 Å². The van der Waals surface area contributed by atoms with Crippen molar-refractivity contribution in [3.8, 4) is 0 Å². The van der Waals surface area contributed by atoms with Crippen LogP contribution in [0.3, 0.4) is 0 Å². The number of fused-ring (bicyclic) bond motifs is 2. The highest BCUT2D eigenvalue weighted by molar-refractivity contribution is 5.93. The number of nitrogens with zero attached hydrogens (tertiary/aromatic N) is 4. The van der Waals surface area contributed by atoms with E-state index in [-0.39, 0.29) is 5.69 Å².